The molecule has 0 N–H and O–H groups in total. The second kappa shape index (κ2) is 6.83. The molecule has 0 aromatic carbocycles. The van der Waals surface area contributed by atoms with Crippen LogP contribution in [-0.4, -0.2) is 63.1 Å². The topological polar surface area (TPSA) is 82.4 Å². The third-order valence-corrected chi connectivity index (χ3v) is 3.98. The molecule has 112 valence electrons. The second-order valence-electron chi connectivity index (χ2n) is 4.46. The van der Waals surface area contributed by atoms with Gasteiger partial charge < -0.3 is 14.0 Å². The summed E-state index contributed by atoms with van der Waals surface area (Å²) in [5.74, 6) is 0.214. The van der Waals surface area contributed by atoms with Crippen LogP contribution in [0.15, 0.2) is 17.7 Å². The van der Waals surface area contributed by atoms with Gasteiger partial charge in [-0.1, -0.05) is 11.8 Å². The summed E-state index contributed by atoms with van der Waals surface area (Å²) >= 11 is 1.32. The normalized spacial score (nSPS) is 16.2. The van der Waals surface area contributed by atoms with E-state index in [0.29, 0.717) is 11.5 Å². The van der Waals surface area contributed by atoms with Crippen LogP contribution in [0.25, 0.3) is 11.2 Å². The van der Waals surface area contributed by atoms with Crippen LogP contribution in [0.3, 0.4) is 0 Å². The minimum Gasteiger partial charge on any atom is -0.456 e. The van der Waals surface area contributed by atoms with Gasteiger partial charge in [-0.3, -0.25) is 9.69 Å². The van der Waals surface area contributed by atoms with Crippen LogP contribution >= 0.6 is 11.8 Å². The highest BCUT2D eigenvalue weighted by atomic mass is 32.2. The molecule has 3 rings (SSSR count). The Morgan fingerprint density at radius 1 is 1.33 bits per heavy atom. The van der Waals surface area contributed by atoms with E-state index in [1.54, 1.807) is 6.33 Å². The van der Waals surface area contributed by atoms with Crippen molar-refractivity contribution < 1.29 is 14.3 Å². The van der Waals surface area contributed by atoms with Crippen LogP contribution in [0, 0.1) is 0 Å². The van der Waals surface area contributed by atoms with Crippen molar-refractivity contribution in [3.8, 4) is 0 Å². The molecule has 0 unspecified atom stereocenters. The fourth-order valence-electron chi connectivity index (χ4n) is 2.14. The first-order valence-corrected chi connectivity index (χ1v) is 7.51. The SMILES string of the molecule is O=COCSc1ncnc2c1ncn2CN1CCOCC1. The molecule has 0 amide bonds. The van der Waals surface area contributed by atoms with E-state index in [-0.39, 0.29) is 5.94 Å². The summed E-state index contributed by atoms with van der Waals surface area (Å²) in [6.07, 6.45) is 3.27. The van der Waals surface area contributed by atoms with Gasteiger partial charge in [-0.2, -0.15) is 0 Å². The smallest absolute Gasteiger partial charge is 0.293 e. The van der Waals surface area contributed by atoms with Crippen LogP contribution < -0.4 is 0 Å². The van der Waals surface area contributed by atoms with E-state index in [4.69, 9.17) is 4.74 Å². The maximum atomic E-state index is 10.2. The summed E-state index contributed by atoms with van der Waals surface area (Å²) in [5, 5.41) is 0.711. The number of fused-ring (bicyclic) bond motifs is 1. The molecular formula is C12H15N5O3S. The number of carbonyl (C=O) groups is 1. The monoisotopic (exact) mass is 309 g/mol. The van der Waals surface area contributed by atoms with E-state index in [0.717, 1.165) is 44.1 Å². The predicted molar refractivity (Wildman–Crippen MR) is 75.6 cm³/mol. The lowest BCUT2D eigenvalue weighted by Crippen LogP contribution is -2.37. The lowest BCUT2D eigenvalue weighted by Gasteiger charge is -2.26. The number of ether oxygens (including phenoxy) is 2. The molecule has 0 bridgehead atoms. The van der Waals surface area contributed by atoms with E-state index in [1.165, 1.54) is 18.1 Å². The maximum Gasteiger partial charge on any atom is 0.293 e. The summed E-state index contributed by atoms with van der Waals surface area (Å²) in [6, 6.07) is 0. The fourth-order valence-corrected chi connectivity index (χ4v) is 2.78. The lowest BCUT2D eigenvalue weighted by atomic mass is 10.4. The molecule has 1 aliphatic heterocycles. The highest BCUT2D eigenvalue weighted by molar-refractivity contribution is 7.99. The van der Waals surface area contributed by atoms with Crippen molar-refractivity contribution >= 4 is 29.4 Å². The lowest BCUT2D eigenvalue weighted by molar-refractivity contribution is -0.126. The average molecular weight is 309 g/mol. The molecule has 1 saturated heterocycles. The van der Waals surface area contributed by atoms with Crippen LogP contribution in [0.2, 0.25) is 0 Å². The summed E-state index contributed by atoms with van der Waals surface area (Å²) < 4.78 is 12.0. The first kappa shape index (κ1) is 14.2. The highest BCUT2D eigenvalue weighted by Crippen LogP contribution is 2.23. The molecule has 2 aromatic rings. The number of imidazole rings is 1. The number of hydrogen-bond acceptors (Lipinski definition) is 8. The zero-order chi connectivity index (χ0) is 14.5. The van der Waals surface area contributed by atoms with E-state index in [2.05, 4.69) is 24.6 Å². The molecule has 0 saturated carbocycles. The van der Waals surface area contributed by atoms with Crippen molar-refractivity contribution in [1.29, 1.82) is 0 Å². The Morgan fingerprint density at radius 2 is 2.19 bits per heavy atom. The Balaban J connectivity index is 1.77. The Hall–Kier alpha value is -1.71. The molecule has 1 fully saturated rings. The first-order valence-electron chi connectivity index (χ1n) is 6.52. The summed E-state index contributed by atoms with van der Waals surface area (Å²) in [5.41, 5.74) is 1.51. The van der Waals surface area contributed by atoms with Crippen LogP contribution in [-0.2, 0) is 20.9 Å². The standard InChI is InChI=1S/C12H15N5O3S/c18-8-20-9-21-12-10-11(13-5-14-12)17(6-15-10)7-16-1-3-19-4-2-16/h5-6,8H,1-4,7,9H2. The van der Waals surface area contributed by atoms with Gasteiger partial charge >= 0.3 is 0 Å². The van der Waals surface area contributed by atoms with Gasteiger partial charge in [0.15, 0.2) is 5.65 Å². The molecule has 0 aliphatic carbocycles. The molecule has 8 nitrogen and oxygen atoms in total. The van der Waals surface area contributed by atoms with E-state index < -0.39 is 0 Å². The van der Waals surface area contributed by atoms with Gasteiger partial charge in [-0.15, -0.1) is 0 Å². The molecule has 0 spiro atoms. The summed E-state index contributed by atoms with van der Waals surface area (Å²) in [6.45, 7) is 4.46. The van der Waals surface area contributed by atoms with Crippen molar-refractivity contribution in [3.63, 3.8) is 0 Å². The Morgan fingerprint density at radius 3 is 3.00 bits per heavy atom. The molecule has 21 heavy (non-hydrogen) atoms. The molecule has 1 aliphatic rings. The quantitative estimate of drug-likeness (QED) is 0.248. The van der Waals surface area contributed by atoms with E-state index in [9.17, 15) is 4.79 Å². The van der Waals surface area contributed by atoms with Crippen LogP contribution in [0.4, 0.5) is 0 Å². The largest absolute Gasteiger partial charge is 0.456 e. The number of hydrogen-bond donors (Lipinski definition) is 0. The molecule has 0 atom stereocenters. The number of morpholine rings is 1. The van der Waals surface area contributed by atoms with Crippen molar-refractivity contribution in [1.82, 2.24) is 24.4 Å². The predicted octanol–water partition coefficient (Wildman–Crippen LogP) is 0.339. The number of nitrogens with zero attached hydrogens (tertiary/aromatic N) is 5. The first-order chi connectivity index (χ1) is 10.4. The van der Waals surface area contributed by atoms with Gasteiger partial charge in [0.05, 0.1) is 26.2 Å². The fraction of sp³-hybridized carbons (Fsp3) is 0.500. The Kier molecular flexibility index (Phi) is 4.63. The second-order valence-corrected chi connectivity index (χ2v) is 5.37. The number of thioether (sulfide) groups is 1. The Bertz CT molecular complexity index is 614. The van der Waals surface area contributed by atoms with Crippen molar-refractivity contribution in [2.24, 2.45) is 0 Å². The average Bonchev–Trinajstić information content (AvgIpc) is 2.93. The molecule has 0 radical (unpaired) electrons. The van der Waals surface area contributed by atoms with Crippen molar-refractivity contribution in [2.45, 2.75) is 11.7 Å². The highest BCUT2D eigenvalue weighted by Gasteiger charge is 2.15. The molecular weight excluding hydrogens is 294 g/mol. The van der Waals surface area contributed by atoms with Gasteiger partial charge in [0, 0.05) is 13.1 Å². The van der Waals surface area contributed by atoms with E-state index >= 15 is 0 Å². The van der Waals surface area contributed by atoms with Crippen LogP contribution in [0.5, 0.6) is 0 Å². The third kappa shape index (κ3) is 3.31. The van der Waals surface area contributed by atoms with Gasteiger partial charge in [-0.05, 0) is 0 Å². The number of carbonyl (C=O) groups excluding carboxylic acids is 1. The molecule has 3 heterocycles. The number of aromatic nitrogens is 4. The van der Waals surface area contributed by atoms with Gasteiger partial charge in [0.2, 0.25) is 0 Å². The van der Waals surface area contributed by atoms with Gasteiger partial charge in [0.25, 0.3) is 6.47 Å². The summed E-state index contributed by atoms with van der Waals surface area (Å²) in [7, 11) is 0. The molecule has 2 aromatic heterocycles. The number of rotatable bonds is 6. The third-order valence-electron chi connectivity index (χ3n) is 3.16. The molecule has 9 heteroatoms. The zero-order valence-corrected chi connectivity index (χ0v) is 12.2. The zero-order valence-electron chi connectivity index (χ0n) is 11.3. The van der Waals surface area contributed by atoms with Crippen molar-refractivity contribution in [2.75, 3.05) is 32.2 Å². The van der Waals surface area contributed by atoms with Gasteiger partial charge in [-0.25, -0.2) is 15.0 Å². The van der Waals surface area contributed by atoms with Gasteiger partial charge in [0.1, 0.15) is 22.8 Å². The summed E-state index contributed by atoms with van der Waals surface area (Å²) in [4.78, 5) is 25.3. The minimum atomic E-state index is 0.214. The maximum absolute atomic E-state index is 10.2. The van der Waals surface area contributed by atoms with Crippen molar-refractivity contribution in [3.05, 3.63) is 12.7 Å². The van der Waals surface area contributed by atoms with E-state index in [1.807, 2.05) is 4.57 Å². The Labute approximate surface area is 125 Å². The van der Waals surface area contributed by atoms with Crippen LogP contribution in [0.1, 0.15) is 0 Å². The minimum absolute atomic E-state index is 0.214.